The van der Waals surface area contributed by atoms with Gasteiger partial charge < -0.3 is 14.7 Å². The summed E-state index contributed by atoms with van der Waals surface area (Å²) >= 11 is 1.30. The number of fused-ring (bicyclic) bond motifs is 1. The zero-order valence-corrected chi connectivity index (χ0v) is 15.5. The molecular formula is C18H21FN2O4S. The molecule has 140 valence electrons. The number of halogens is 1. The lowest BCUT2D eigenvalue weighted by Gasteiger charge is -2.34. The molecule has 1 aliphatic rings. The van der Waals surface area contributed by atoms with Crippen molar-refractivity contribution in [1.29, 1.82) is 0 Å². The maximum atomic E-state index is 14.1. The van der Waals surface area contributed by atoms with E-state index in [2.05, 4.69) is 0 Å². The molecule has 1 aliphatic heterocycles. The first-order valence-electron chi connectivity index (χ1n) is 8.35. The number of carbonyl (C=O) groups excluding carboxylic acids is 1. The lowest BCUT2D eigenvalue weighted by Crippen LogP contribution is -2.49. The summed E-state index contributed by atoms with van der Waals surface area (Å²) in [6, 6.07) is 4.86. The van der Waals surface area contributed by atoms with Crippen LogP contribution in [0.1, 0.15) is 15.2 Å². The third-order valence-electron chi connectivity index (χ3n) is 4.44. The van der Waals surface area contributed by atoms with Crippen LogP contribution >= 0.6 is 11.3 Å². The summed E-state index contributed by atoms with van der Waals surface area (Å²) in [4.78, 5) is 27.7. The number of thiophene rings is 1. The van der Waals surface area contributed by atoms with Crippen LogP contribution in [0, 0.1) is 12.7 Å². The van der Waals surface area contributed by atoms with Crippen molar-refractivity contribution in [3.05, 3.63) is 34.5 Å². The SMILES string of the molecule is Cc1c(C(=O)N2CCOC(CN(C)CC(=O)O)C2)sc2cccc(F)c12. The van der Waals surface area contributed by atoms with Crippen LogP contribution in [0.3, 0.4) is 0 Å². The second-order valence-corrected chi connectivity index (χ2v) is 7.56. The fourth-order valence-electron chi connectivity index (χ4n) is 3.26. The van der Waals surface area contributed by atoms with E-state index >= 15 is 0 Å². The Morgan fingerprint density at radius 2 is 2.23 bits per heavy atom. The van der Waals surface area contributed by atoms with E-state index in [1.54, 1.807) is 29.8 Å². The summed E-state index contributed by atoms with van der Waals surface area (Å²) < 4.78 is 20.5. The predicted octanol–water partition coefficient (Wildman–Crippen LogP) is 2.21. The van der Waals surface area contributed by atoms with E-state index in [-0.39, 0.29) is 24.4 Å². The number of ether oxygens (including phenoxy) is 1. The quantitative estimate of drug-likeness (QED) is 0.861. The zero-order chi connectivity index (χ0) is 18.8. The Morgan fingerprint density at radius 1 is 1.46 bits per heavy atom. The van der Waals surface area contributed by atoms with E-state index in [1.807, 2.05) is 6.07 Å². The van der Waals surface area contributed by atoms with Gasteiger partial charge in [0.1, 0.15) is 5.82 Å². The van der Waals surface area contributed by atoms with E-state index in [4.69, 9.17) is 9.84 Å². The van der Waals surface area contributed by atoms with Gasteiger partial charge in [0.25, 0.3) is 5.91 Å². The van der Waals surface area contributed by atoms with Crippen molar-refractivity contribution in [3.8, 4) is 0 Å². The monoisotopic (exact) mass is 380 g/mol. The first-order valence-corrected chi connectivity index (χ1v) is 9.17. The van der Waals surface area contributed by atoms with Crippen LogP contribution in [-0.2, 0) is 9.53 Å². The van der Waals surface area contributed by atoms with Gasteiger partial charge in [0, 0.05) is 29.7 Å². The number of morpholine rings is 1. The molecule has 26 heavy (non-hydrogen) atoms. The summed E-state index contributed by atoms with van der Waals surface area (Å²) in [5, 5.41) is 9.35. The van der Waals surface area contributed by atoms with Crippen LogP contribution in [0.15, 0.2) is 18.2 Å². The summed E-state index contributed by atoms with van der Waals surface area (Å²) in [5.74, 6) is -1.35. The second-order valence-electron chi connectivity index (χ2n) is 6.50. The number of carbonyl (C=O) groups is 2. The summed E-state index contributed by atoms with van der Waals surface area (Å²) in [5.41, 5.74) is 0.666. The Morgan fingerprint density at radius 3 is 2.92 bits per heavy atom. The molecule has 6 nitrogen and oxygen atoms in total. The normalized spacial score (nSPS) is 17.8. The van der Waals surface area contributed by atoms with Gasteiger partial charge in [-0.1, -0.05) is 6.07 Å². The number of carboxylic acid groups (broad SMARTS) is 1. The number of hydrogen-bond donors (Lipinski definition) is 1. The number of amides is 1. The highest BCUT2D eigenvalue weighted by atomic mass is 32.1. The van der Waals surface area contributed by atoms with Gasteiger partial charge in [-0.15, -0.1) is 11.3 Å². The number of benzene rings is 1. The lowest BCUT2D eigenvalue weighted by atomic mass is 10.1. The van der Waals surface area contributed by atoms with Gasteiger partial charge in [0.15, 0.2) is 0 Å². The topological polar surface area (TPSA) is 70.1 Å². The number of aliphatic carboxylic acids is 1. The lowest BCUT2D eigenvalue weighted by molar-refractivity contribution is -0.138. The molecule has 1 saturated heterocycles. The Balaban J connectivity index is 1.74. The minimum Gasteiger partial charge on any atom is -0.480 e. The first kappa shape index (κ1) is 18.8. The fourth-order valence-corrected chi connectivity index (χ4v) is 4.45. The fraction of sp³-hybridized carbons (Fsp3) is 0.444. The molecule has 1 N–H and O–H groups in total. The van der Waals surface area contributed by atoms with Crippen molar-refractivity contribution in [2.75, 3.05) is 39.8 Å². The predicted molar refractivity (Wildman–Crippen MR) is 97.3 cm³/mol. The molecule has 2 aromatic rings. The number of carboxylic acids is 1. The smallest absolute Gasteiger partial charge is 0.317 e. The summed E-state index contributed by atoms with van der Waals surface area (Å²) in [7, 11) is 1.71. The van der Waals surface area contributed by atoms with E-state index in [1.165, 1.54) is 17.4 Å². The van der Waals surface area contributed by atoms with Crippen molar-refractivity contribution in [2.24, 2.45) is 0 Å². The molecule has 1 aromatic carbocycles. The molecule has 1 fully saturated rings. The average molecular weight is 380 g/mol. The number of nitrogens with zero attached hydrogens (tertiary/aromatic N) is 2. The summed E-state index contributed by atoms with van der Waals surface area (Å²) in [6.45, 7) is 3.37. The molecule has 2 heterocycles. The molecule has 0 bridgehead atoms. The summed E-state index contributed by atoms with van der Waals surface area (Å²) in [6.07, 6.45) is -0.247. The van der Waals surface area contributed by atoms with Gasteiger partial charge >= 0.3 is 5.97 Å². The van der Waals surface area contributed by atoms with Crippen LogP contribution in [0.4, 0.5) is 4.39 Å². The molecule has 1 amide bonds. The second kappa shape index (κ2) is 7.69. The van der Waals surface area contributed by atoms with Crippen molar-refractivity contribution in [3.63, 3.8) is 0 Å². The number of hydrogen-bond acceptors (Lipinski definition) is 5. The van der Waals surface area contributed by atoms with Crippen molar-refractivity contribution in [1.82, 2.24) is 9.80 Å². The van der Waals surface area contributed by atoms with Gasteiger partial charge in [-0.25, -0.2) is 4.39 Å². The standard InChI is InChI=1S/C18H21FN2O4S/c1-11-16-13(19)4-3-5-14(16)26-17(11)18(24)21-6-7-25-12(9-21)8-20(2)10-15(22)23/h3-5,12H,6-10H2,1-2H3,(H,22,23). The maximum absolute atomic E-state index is 14.1. The Kier molecular flexibility index (Phi) is 5.55. The third-order valence-corrected chi connectivity index (χ3v) is 5.69. The van der Waals surface area contributed by atoms with E-state index in [0.29, 0.717) is 42.1 Å². The van der Waals surface area contributed by atoms with E-state index < -0.39 is 5.97 Å². The van der Waals surface area contributed by atoms with Crippen molar-refractivity contribution >= 4 is 33.3 Å². The van der Waals surface area contributed by atoms with E-state index in [9.17, 15) is 14.0 Å². The number of rotatable bonds is 5. The molecule has 1 unspecified atom stereocenters. The van der Waals surface area contributed by atoms with Crippen LogP contribution in [-0.4, -0.2) is 72.7 Å². The van der Waals surface area contributed by atoms with Crippen LogP contribution < -0.4 is 0 Å². The average Bonchev–Trinajstić information content (AvgIpc) is 2.91. The Hall–Kier alpha value is -2.03. The van der Waals surface area contributed by atoms with E-state index in [0.717, 1.165) is 4.70 Å². The minimum absolute atomic E-state index is 0.0808. The molecule has 8 heteroatoms. The zero-order valence-electron chi connectivity index (χ0n) is 14.7. The Labute approximate surface area is 154 Å². The van der Waals surface area contributed by atoms with Gasteiger partial charge in [0.2, 0.25) is 0 Å². The molecule has 1 atom stereocenters. The highest BCUT2D eigenvalue weighted by molar-refractivity contribution is 7.21. The van der Waals surface area contributed by atoms with Crippen LogP contribution in [0.2, 0.25) is 0 Å². The van der Waals surface area contributed by atoms with Crippen molar-refractivity contribution < 1.29 is 23.8 Å². The maximum Gasteiger partial charge on any atom is 0.317 e. The molecule has 0 spiro atoms. The molecule has 0 saturated carbocycles. The number of aryl methyl sites for hydroxylation is 1. The van der Waals surface area contributed by atoms with Crippen LogP contribution in [0.5, 0.6) is 0 Å². The molecule has 0 aliphatic carbocycles. The van der Waals surface area contributed by atoms with Crippen LogP contribution in [0.25, 0.3) is 10.1 Å². The highest BCUT2D eigenvalue weighted by Crippen LogP contribution is 2.33. The molecule has 3 rings (SSSR count). The number of likely N-dealkylation sites (N-methyl/N-ethyl adjacent to an activating group) is 1. The van der Waals surface area contributed by atoms with Gasteiger partial charge in [-0.05, 0) is 31.7 Å². The largest absolute Gasteiger partial charge is 0.480 e. The van der Waals surface area contributed by atoms with Gasteiger partial charge in [0.05, 0.1) is 24.1 Å². The Bertz CT molecular complexity index is 838. The molecule has 1 aromatic heterocycles. The molecular weight excluding hydrogens is 359 g/mol. The minimum atomic E-state index is -0.904. The van der Waals surface area contributed by atoms with Gasteiger partial charge in [-0.3, -0.25) is 14.5 Å². The third kappa shape index (κ3) is 3.87. The highest BCUT2D eigenvalue weighted by Gasteiger charge is 2.28. The molecule has 0 radical (unpaired) electrons. The first-order chi connectivity index (χ1) is 12.4. The van der Waals surface area contributed by atoms with Gasteiger partial charge in [-0.2, -0.15) is 0 Å². The van der Waals surface area contributed by atoms with Crippen molar-refractivity contribution in [2.45, 2.75) is 13.0 Å².